The molecule has 2 heterocycles. The molecule has 0 aliphatic carbocycles. The summed E-state index contributed by atoms with van der Waals surface area (Å²) in [5.41, 5.74) is 1.11. The zero-order valence-electron chi connectivity index (χ0n) is 17.6. The largest absolute Gasteiger partial charge is 0.416 e. The lowest BCUT2D eigenvalue weighted by Crippen LogP contribution is -2.25. The summed E-state index contributed by atoms with van der Waals surface area (Å²) >= 11 is 0. The van der Waals surface area contributed by atoms with Crippen molar-refractivity contribution in [2.24, 2.45) is 5.92 Å². The number of benzene rings is 1. The number of nitrogens with one attached hydrogen (secondary N) is 1. The molecule has 3 rings (SSSR count). The lowest BCUT2D eigenvalue weighted by molar-refractivity contribution is -0.385. The van der Waals surface area contributed by atoms with E-state index in [1.165, 1.54) is 21.6 Å². The number of carbonyl (C=O) groups is 1. The van der Waals surface area contributed by atoms with E-state index in [2.05, 4.69) is 15.5 Å². The number of aryl methyl sites for hydroxylation is 1. The summed E-state index contributed by atoms with van der Waals surface area (Å²) in [7, 11) is 0. The van der Waals surface area contributed by atoms with E-state index in [4.69, 9.17) is 0 Å². The number of rotatable bonds is 7. The fourth-order valence-electron chi connectivity index (χ4n) is 3.21. The van der Waals surface area contributed by atoms with E-state index in [0.717, 1.165) is 18.3 Å². The van der Waals surface area contributed by atoms with Crippen LogP contribution in [0.2, 0.25) is 0 Å². The van der Waals surface area contributed by atoms with Gasteiger partial charge in [-0.1, -0.05) is 19.1 Å². The maximum absolute atomic E-state index is 13.0. The highest BCUT2D eigenvalue weighted by Crippen LogP contribution is 2.30. The van der Waals surface area contributed by atoms with E-state index >= 15 is 0 Å². The monoisotopic (exact) mass is 450 g/mol. The minimum Gasteiger partial charge on any atom is -0.323 e. The Morgan fingerprint density at radius 1 is 1.31 bits per heavy atom. The number of carbonyl (C=O) groups excluding carboxylic acids is 1. The van der Waals surface area contributed by atoms with Crippen LogP contribution >= 0.6 is 0 Å². The van der Waals surface area contributed by atoms with E-state index in [0.29, 0.717) is 22.6 Å². The van der Waals surface area contributed by atoms with Crippen molar-refractivity contribution in [1.82, 2.24) is 19.6 Å². The average molecular weight is 450 g/mol. The molecule has 32 heavy (non-hydrogen) atoms. The molecular weight excluding hydrogens is 429 g/mol. The van der Waals surface area contributed by atoms with Crippen LogP contribution in [0, 0.1) is 29.9 Å². The van der Waals surface area contributed by atoms with Crippen molar-refractivity contribution in [1.29, 1.82) is 0 Å². The van der Waals surface area contributed by atoms with Gasteiger partial charge in [-0.3, -0.25) is 24.3 Å². The van der Waals surface area contributed by atoms with Gasteiger partial charge in [0.25, 0.3) is 0 Å². The van der Waals surface area contributed by atoms with Crippen LogP contribution in [-0.2, 0) is 24.1 Å². The highest BCUT2D eigenvalue weighted by atomic mass is 19.4. The summed E-state index contributed by atoms with van der Waals surface area (Å²) in [6.07, 6.45) is -2.08. The molecule has 1 unspecified atom stereocenters. The molecule has 0 saturated heterocycles. The maximum Gasteiger partial charge on any atom is 0.416 e. The van der Waals surface area contributed by atoms with Crippen LogP contribution < -0.4 is 5.32 Å². The highest BCUT2D eigenvalue weighted by molar-refractivity contribution is 5.93. The van der Waals surface area contributed by atoms with Crippen molar-refractivity contribution in [3.8, 4) is 0 Å². The molecule has 0 bridgehead atoms. The molecule has 1 atom stereocenters. The van der Waals surface area contributed by atoms with Gasteiger partial charge in [0.15, 0.2) is 0 Å². The van der Waals surface area contributed by atoms with E-state index < -0.39 is 22.6 Å². The summed E-state index contributed by atoms with van der Waals surface area (Å²) < 4.78 is 41.7. The molecule has 2 aromatic heterocycles. The molecule has 1 N–H and O–H groups in total. The quantitative estimate of drug-likeness (QED) is 0.433. The van der Waals surface area contributed by atoms with Crippen molar-refractivity contribution in [3.63, 3.8) is 0 Å². The Hall–Kier alpha value is -3.70. The molecule has 0 saturated carbocycles. The van der Waals surface area contributed by atoms with Gasteiger partial charge in [0.2, 0.25) is 5.91 Å². The van der Waals surface area contributed by atoms with Gasteiger partial charge in [0.1, 0.15) is 12.4 Å². The molecular formula is C20H21F3N6O3. The van der Waals surface area contributed by atoms with E-state index in [-0.39, 0.29) is 24.7 Å². The van der Waals surface area contributed by atoms with Gasteiger partial charge in [-0.2, -0.15) is 23.4 Å². The van der Waals surface area contributed by atoms with Crippen LogP contribution in [0.4, 0.5) is 24.5 Å². The summed E-state index contributed by atoms with van der Waals surface area (Å²) in [5.74, 6) is -0.895. The van der Waals surface area contributed by atoms with Crippen LogP contribution in [0.5, 0.6) is 0 Å². The zero-order chi connectivity index (χ0) is 23.6. The Labute approximate surface area is 181 Å². The number of anilines is 1. The molecule has 12 heteroatoms. The smallest absolute Gasteiger partial charge is 0.323 e. The van der Waals surface area contributed by atoms with Gasteiger partial charge < -0.3 is 5.32 Å². The van der Waals surface area contributed by atoms with Gasteiger partial charge >= 0.3 is 11.9 Å². The second-order valence-corrected chi connectivity index (χ2v) is 7.47. The fourth-order valence-corrected chi connectivity index (χ4v) is 3.21. The lowest BCUT2D eigenvalue weighted by Gasteiger charge is -2.13. The minimum absolute atomic E-state index is 0.110. The predicted octanol–water partition coefficient (Wildman–Crippen LogP) is 3.95. The first-order valence-corrected chi connectivity index (χ1v) is 9.63. The average Bonchev–Trinajstić information content (AvgIpc) is 3.28. The molecule has 0 aliphatic rings. The molecule has 0 fully saturated rings. The third-order valence-electron chi connectivity index (χ3n) is 4.96. The van der Waals surface area contributed by atoms with Crippen molar-refractivity contribution >= 4 is 17.3 Å². The minimum atomic E-state index is -4.44. The third kappa shape index (κ3) is 5.13. The summed E-state index contributed by atoms with van der Waals surface area (Å²) in [5, 5.41) is 21.8. The summed E-state index contributed by atoms with van der Waals surface area (Å²) in [6.45, 7) is 5.30. The Morgan fingerprint density at radius 2 is 2.03 bits per heavy atom. The molecule has 0 spiro atoms. The number of nitro groups is 1. The predicted molar refractivity (Wildman–Crippen MR) is 109 cm³/mol. The normalized spacial score (nSPS) is 12.6. The van der Waals surface area contributed by atoms with Crippen molar-refractivity contribution in [2.75, 3.05) is 5.32 Å². The number of amides is 1. The number of aromatic nitrogens is 4. The highest BCUT2D eigenvalue weighted by Gasteiger charge is 2.30. The van der Waals surface area contributed by atoms with Crippen molar-refractivity contribution < 1.29 is 22.9 Å². The van der Waals surface area contributed by atoms with Crippen LogP contribution in [0.25, 0.3) is 0 Å². The van der Waals surface area contributed by atoms with Crippen molar-refractivity contribution in [3.05, 3.63) is 69.3 Å². The standard InChI is InChI=1S/C20H21F3N6O3/c1-12(9-27-11-17(8-24-27)29(31)32)19(30)25-18-13(2)26-28(14(18)3)10-15-5-4-6-16(7-15)20(21,22)23/h4-8,11-12H,9-10H2,1-3H3,(H,25,30). The maximum atomic E-state index is 13.0. The van der Waals surface area contributed by atoms with Crippen LogP contribution in [0.15, 0.2) is 36.7 Å². The fraction of sp³-hybridized carbons (Fsp3) is 0.350. The van der Waals surface area contributed by atoms with Crippen LogP contribution in [0.1, 0.15) is 29.4 Å². The number of halogens is 3. The number of hydrogen-bond donors (Lipinski definition) is 1. The summed E-state index contributed by atoms with van der Waals surface area (Å²) in [4.78, 5) is 22.8. The first kappa shape index (κ1) is 23.0. The van der Waals surface area contributed by atoms with Gasteiger partial charge in [0, 0.05) is 0 Å². The number of hydrogen-bond acceptors (Lipinski definition) is 5. The number of nitrogens with zero attached hydrogens (tertiary/aromatic N) is 5. The molecule has 0 aliphatic heterocycles. The Balaban J connectivity index is 1.71. The Bertz CT molecular complexity index is 1150. The van der Waals surface area contributed by atoms with Gasteiger partial charge in [0.05, 0.1) is 46.6 Å². The lowest BCUT2D eigenvalue weighted by atomic mass is 10.1. The molecule has 9 nitrogen and oxygen atoms in total. The molecule has 0 radical (unpaired) electrons. The molecule has 1 aromatic carbocycles. The first-order chi connectivity index (χ1) is 15.0. The van der Waals surface area contributed by atoms with Gasteiger partial charge in [-0.25, -0.2) is 0 Å². The number of alkyl halides is 3. The van der Waals surface area contributed by atoms with Crippen LogP contribution in [0.3, 0.4) is 0 Å². The molecule has 170 valence electrons. The van der Waals surface area contributed by atoms with Gasteiger partial charge in [-0.15, -0.1) is 0 Å². The SMILES string of the molecule is Cc1nn(Cc2cccc(C(F)(F)F)c2)c(C)c1NC(=O)C(C)Cn1cc([N+](=O)[O-])cn1. The van der Waals surface area contributed by atoms with Crippen molar-refractivity contribution in [2.45, 2.75) is 40.0 Å². The van der Waals surface area contributed by atoms with E-state index in [1.807, 2.05) is 0 Å². The third-order valence-corrected chi connectivity index (χ3v) is 4.96. The molecule has 1 amide bonds. The second kappa shape index (κ2) is 8.81. The van der Waals surface area contributed by atoms with Gasteiger partial charge in [-0.05, 0) is 31.5 Å². The van der Waals surface area contributed by atoms with E-state index in [1.54, 1.807) is 26.8 Å². The summed E-state index contributed by atoms with van der Waals surface area (Å²) in [6, 6.07) is 5.00. The Morgan fingerprint density at radius 3 is 2.66 bits per heavy atom. The zero-order valence-corrected chi connectivity index (χ0v) is 17.6. The first-order valence-electron chi connectivity index (χ1n) is 9.63. The molecule has 3 aromatic rings. The second-order valence-electron chi connectivity index (χ2n) is 7.47. The Kier molecular flexibility index (Phi) is 6.32. The topological polar surface area (TPSA) is 108 Å². The van der Waals surface area contributed by atoms with Crippen LogP contribution in [-0.4, -0.2) is 30.4 Å². The van der Waals surface area contributed by atoms with E-state index in [9.17, 15) is 28.1 Å².